The Hall–Kier alpha value is -1.63. The number of ether oxygens (including phenoxy) is 3. The minimum absolute atomic E-state index is 0.0178. The van der Waals surface area contributed by atoms with E-state index in [0.29, 0.717) is 25.8 Å². The van der Waals surface area contributed by atoms with Crippen LogP contribution in [0.1, 0.15) is 24.8 Å². The number of methoxy groups -OCH3 is 2. The van der Waals surface area contributed by atoms with E-state index in [9.17, 15) is 9.90 Å². The standard InChI is InChI=1S/C17H25NO5/c1-21-12-23-16-7-8-17(20)18(15(16)9-10-19)11-13-3-5-14(22-2)6-4-13/h3-6,15-16,19H,7-12H2,1-2H3/t15-,16+/m1/s1. The molecule has 0 aliphatic carbocycles. The summed E-state index contributed by atoms with van der Waals surface area (Å²) in [6.45, 7) is 0.710. The molecule has 0 radical (unpaired) electrons. The molecular weight excluding hydrogens is 298 g/mol. The number of carbonyl (C=O) groups excluding carboxylic acids is 1. The molecule has 1 aromatic carbocycles. The molecule has 1 heterocycles. The lowest BCUT2D eigenvalue weighted by Crippen LogP contribution is -2.52. The van der Waals surface area contributed by atoms with Gasteiger partial charge in [0.05, 0.1) is 19.3 Å². The Morgan fingerprint density at radius 2 is 2.00 bits per heavy atom. The van der Waals surface area contributed by atoms with Gasteiger partial charge in [-0.3, -0.25) is 4.79 Å². The minimum atomic E-state index is -0.140. The van der Waals surface area contributed by atoms with Crippen LogP contribution in [-0.2, 0) is 20.8 Å². The molecule has 1 fully saturated rings. The molecule has 6 heteroatoms. The van der Waals surface area contributed by atoms with E-state index in [4.69, 9.17) is 14.2 Å². The molecule has 1 amide bonds. The van der Waals surface area contributed by atoms with Gasteiger partial charge in [0.15, 0.2) is 0 Å². The van der Waals surface area contributed by atoms with Gasteiger partial charge in [0, 0.05) is 26.7 Å². The van der Waals surface area contributed by atoms with Crippen molar-refractivity contribution in [1.82, 2.24) is 4.90 Å². The Labute approximate surface area is 136 Å². The van der Waals surface area contributed by atoms with Crippen LogP contribution < -0.4 is 4.74 Å². The van der Waals surface area contributed by atoms with Crippen molar-refractivity contribution in [2.24, 2.45) is 0 Å². The summed E-state index contributed by atoms with van der Waals surface area (Å²) in [5.74, 6) is 0.878. The Bertz CT molecular complexity index is 490. The first-order valence-corrected chi connectivity index (χ1v) is 7.83. The summed E-state index contributed by atoms with van der Waals surface area (Å²) in [7, 11) is 3.20. The van der Waals surface area contributed by atoms with Crippen LogP contribution in [-0.4, -0.2) is 55.7 Å². The second-order valence-electron chi connectivity index (χ2n) is 5.60. The molecule has 1 aliphatic heterocycles. The van der Waals surface area contributed by atoms with Crippen LogP contribution >= 0.6 is 0 Å². The molecule has 23 heavy (non-hydrogen) atoms. The number of likely N-dealkylation sites (tertiary alicyclic amines) is 1. The maximum Gasteiger partial charge on any atom is 0.223 e. The lowest BCUT2D eigenvalue weighted by molar-refractivity contribution is -0.155. The van der Waals surface area contributed by atoms with E-state index in [1.807, 2.05) is 29.2 Å². The van der Waals surface area contributed by atoms with Crippen molar-refractivity contribution in [2.45, 2.75) is 38.0 Å². The monoisotopic (exact) mass is 323 g/mol. The predicted molar refractivity (Wildman–Crippen MR) is 85.0 cm³/mol. The lowest BCUT2D eigenvalue weighted by Gasteiger charge is -2.40. The first-order valence-electron chi connectivity index (χ1n) is 7.83. The van der Waals surface area contributed by atoms with Crippen molar-refractivity contribution in [3.05, 3.63) is 29.8 Å². The van der Waals surface area contributed by atoms with Crippen LogP contribution in [0.5, 0.6) is 5.75 Å². The van der Waals surface area contributed by atoms with Gasteiger partial charge in [-0.1, -0.05) is 12.1 Å². The average Bonchev–Trinajstić information content (AvgIpc) is 2.58. The van der Waals surface area contributed by atoms with E-state index in [1.165, 1.54) is 0 Å². The molecule has 1 saturated heterocycles. The second kappa shape index (κ2) is 8.86. The topological polar surface area (TPSA) is 68.2 Å². The number of amides is 1. The van der Waals surface area contributed by atoms with Crippen LogP contribution in [0.4, 0.5) is 0 Å². The number of hydrogen-bond donors (Lipinski definition) is 1. The normalized spacial score (nSPS) is 21.5. The largest absolute Gasteiger partial charge is 0.497 e. The third-order valence-corrected chi connectivity index (χ3v) is 4.13. The zero-order valence-electron chi connectivity index (χ0n) is 13.7. The van der Waals surface area contributed by atoms with Gasteiger partial charge in [-0.25, -0.2) is 0 Å². The van der Waals surface area contributed by atoms with E-state index in [0.717, 1.165) is 11.3 Å². The SMILES string of the molecule is COCO[C@H]1CCC(=O)N(Cc2ccc(OC)cc2)[C@@H]1CCO. The van der Waals surface area contributed by atoms with Gasteiger partial charge in [-0.15, -0.1) is 0 Å². The highest BCUT2D eigenvalue weighted by molar-refractivity contribution is 5.77. The van der Waals surface area contributed by atoms with Crippen molar-refractivity contribution in [3.63, 3.8) is 0 Å². The highest BCUT2D eigenvalue weighted by Gasteiger charge is 2.36. The Kier molecular flexibility index (Phi) is 6.83. The fourth-order valence-corrected chi connectivity index (χ4v) is 2.94. The molecule has 0 bridgehead atoms. The van der Waals surface area contributed by atoms with E-state index in [-0.39, 0.29) is 31.5 Å². The summed E-state index contributed by atoms with van der Waals surface area (Å²) in [6.07, 6.45) is 1.49. The van der Waals surface area contributed by atoms with Gasteiger partial charge in [0.2, 0.25) is 5.91 Å². The van der Waals surface area contributed by atoms with Crippen molar-refractivity contribution >= 4 is 5.91 Å². The third kappa shape index (κ3) is 4.67. The van der Waals surface area contributed by atoms with Crippen LogP contribution in [0.25, 0.3) is 0 Å². The molecule has 0 saturated carbocycles. The molecule has 1 aliphatic rings. The fourth-order valence-electron chi connectivity index (χ4n) is 2.94. The van der Waals surface area contributed by atoms with Crippen LogP contribution in [0.15, 0.2) is 24.3 Å². The number of nitrogens with zero attached hydrogens (tertiary/aromatic N) is 1. The molecule has 6 nitrogen and oxygen atoms in total. The molecule has 0 aromatic heterocycles. The van der Waals surface area contributed by atoms with Crippen LogP contribution in [0, 0.1) is 0 Å². The Morgan fingerprint density at radius 1 is 1.26 bits per heavy atom. The molecule has 128 valence electrons. The van der Waals surface area contributed by atoms with Crippen molar-refractivity contribution in [3.8, 4) is 5.75 Å². The molecule has 2 atom stereocenters. The van der Waals surface area contributed by atoms with E-state index >= 15 is 0 Å². The van der Waals surface area contributed by atoms with Gasteiger partial charge < -0.3 is 24.2 Å². The van der Waals surface area contributed by atoms with E-state index < -0.39 is 0 Å². The number of aliphatic hydroxyl groups is 1. The van der Waals surface area contributed by atoms with E-state index in [2.05, 4.69) is 0 Å². The summed E-state index contributed by atoms with van der Waals surface area (Å²) < 4.78 is 15.8. The van der Waals surface area contributed by atoms with Crippen molar-refractivity contribution in [1.29, 1.82) is 0 Å². The summed E-state index contributed by atoms with van der Waals surface area (Å²) in [6, 6.07) is 7.51. The van der Waals surface area contributed by atoms with Crippen LogP contribution in [0.3, 0.4) is 0 Å². The predicted octanol–water partition coefficient (Wildman–Crippen LogP) is 1.56. The smallest absolute Gasteiger partial charge is 0.223 e. The van der Waals surface area contributed by atoms with Gasteiger partial charge in [-0.05, 0) is 30.5 Å². The highest BCUT2D eigenvalue weighted by atomic mass is 16.7. The first kappa shape index (κ1) is 17.7. The second-order valence-corrected chi connectivity index (χ2v) is 5.60. The van der Waals surface area contributed by atoms with Gasteiger partial charge in [0.25, 0.3) is 0 Å². The molecular formula is C17H25NO5. The van der Waals surface area contributed by atoms with Gasteiger partial charge in [-0.2, -0.15) is 0 Å². The maximum absolute atomic E-state index is 12.4. The number of piperidine rings is 1. The molecule has 2 rings (SSSR count). The first-order chi connectivity index (χ1) is 11.2. The van der Waals surface area contributed by atoms with Gasteiger partial charge in [0.1, 0.15) is 12.5 Å². The number of rotatable bonds is 8. The third-order valence-electron chi connectivity index (χ3n) is 4.13. The molecule has 0 spiro atoms. The Balaban J connectivity index is 2.11. The lowest BCUT2D eigenvalue weighted by atomic mass is 9.95. The summed E-state index contributed by atoms with van der Waals surface area (Å²) in [5, 5.41) is 9.36. The van der Waals surface area contributed by atoms with Gasteiger partial charge >= 0.3 is 0 Å². The number of aliphatic hydroxyl groups excluding tert-OH is 1. The Morgan fingerprint density at radius 3 is 2.61 bits per heavy atom. The fraction of sp³-hybridized carbons (Fsp3) is 0.588. The van der Waals surface area contributed by atoms with Crippen molar-refractivity contribution in [2.75, 3.05) is 27.6 Å². The summed E-state index contributed by atoms with van der Waals surface area (Å²) in [5.41, 5.74) is 1.02. The average molecular weight is 323 g/mol. The number of carbonyl (C=O) groups is 1. The number of benzene rings is 1. The zero-order chi connectivity index (χ0) is 16.7. The zero-order valence-corrected chi connectivity index (χ0v) is 13.7. The molecule has 1 aromatic rings. The van der Waals surface area contributed by atoms with Crippen LogP contribution in [0.2, 0.25) is 0 Å². The maximum atomic E-state index is 12.4. The molecule has 0 unspecified atom stereocenters. The van der Waals surface area contributed by atoms with E-state index in [1.54, 1.807) is 14.2 Å². The minimum Gasteiger partial charge on any atom is -0.497 e. The highest BCUT2D eigenvalue weighted by Crippen LogP contribution is 2.26. The summed E-state index contributed by atoms with van der Waals surface area (Å²) in [4.78, 5) is 14.2. The molecule has 1 N–H and O–H groups in total. The number of hydrogen-bond acceptors (Lipinski definition) is 5. The summed E-state index contributed by atoms with van der Waals surface area (Å²) >= 11 is 0. The quantitative estimate of drug-likeness (QED) is 0.735. The van der Waals surface area contributed by atoms with Crippen molar-refractivity contribution < 1.29 is 24.1 Å².